The average molecular weight is 436 g/mol. The molecule has 26 heavy (non-hydrogen) atoms. The molecule has 158 valence electrons. The van der Waals surface area contributed by atoms with E-state index in [1.807, 2.05) is 0 Å². The van der Waals surface area contributed by atoms with E-state index in [1.54, 1.807) is 0 Å². The van der Waals surface area contributed by atoms with Gasteiger partial charge in [0.25, 0.3) is 6.36 Å². The molecule has 1 nitrogen and oxygen atoms in total. The third-order valence-electron chi connectivity index (χ3n) is 2.41. The summed E-state index contributed by atoms with van der Waals surface area (Å²) in [6.45, 7) is 0. The van der Waals surface area contributed by atoms with Crippen LogP contribution < -0.4 is 0 Å². The van der Waals surface area contributed by atoms with Crippen LogP contribution in [0.15, 0.2) is 0 Å². The number of hydrogen-bond acceptors (Lipinski definition) is 1. The van der Waals surface area contributed by atoms with Crippen molar-refractivity contribution < 1.29 is 79.4 Å². The van der Waals surface area contributed by atoms with E-state index < -0.39 is 48.5 Å². The number of ether oxygens (including phenoxy) is 1. The van der Waals surface area contributed by atoms with E-state index in [1.165, 1.54) is 4.74 Å². The van der Waals surface area contributed by atoms with Crippen molar-refractivity contribution in [1.29, 1.82) is 0 Å². The molecule has 0 aliphatic rings. The fourth-order valence-corrected chi connectivity index (χ4v) is 1.03. The van der Waals surface area contributed by atoms with Crippen LogP contribution in [0.4, 0.5) is 74.6 Å². The Kier molecular flexibility index (Phi) is 5.86. The van der Waals surface area contributed by atoms with Gasteiger partial charge < -0.3 is 0 Å². The van der Waals surface area contributed by atoms with Crippen molar-refractivity contribution in [1.82, 2.24) is 0 Å². The Morgan fingerprint density at radius 1 is 0.462 bits per heavy atom. The van der Waals surface area contributed by atoms with Crippen LogP contribution in [0.3, 0.4) is 0 Å². The minimum Gasteiger partial charge on any atom is -0.272 e. The fourth-order valence-electron chi connectivity index (χ4n) is 1.03. The van der Waals surface area contributed by atoms with Gasteiger partial charge in [0, 0.05) is 0 Å². The molecule has 0 saturated heterocycles. The molecule has 0 heterocycles. The summed E-state index contributed by atoms with van der Waals surface area (Å²) in [4.78, 5) is 0. The zero-order chi connectivity index (χ0) is 21.8. The molecule has 0 spiro atoms. The second-order valence-electron chi connectivity index (χ2n) is 4.29. The predicted octanol–water partition coefficient (Wildman–Crippen LogP) is 5.56. The zero-order valence-corrected chi connectivity index (χ0v) is 10.9. The second-order valence-corrected chi connectivity index (χ2v) is 4.29. The highest BCUT2D eigenvalue weighted by molar-refractivity contribution is 5.08. The smallest absolute Gasteiger partial charge is 0.272 e. The molecule has 0 radical (unpaired) electrons. The van der Waals surface area contributed by atoms with Crippen LogP contribution in [0.2, 0.25) is 0 Å². The quantitative estimate of drug-likeness (QED) is 0.496. The van der Waals surface area contributed by atoms with Crippen molar-refractivity contribution in [2.75, 3.05) is 0 Å². The SMILES string of the molecule is FC(OC(F)(F)C(F)(F)C(F)(F)C(F)(F)C(F)(F)C(F)(F)F)C(F)(F)F. The first-order chi connectivity index (χ1) is 10.9. The molecule has 0 aliphatic heterocycles. The van der Waals surface area contributed by atoms with Crippen LogP contribution >= 0.6 is 0 Å². The molecule has 0 saturated carbocycles. The van der Waals surface area contributed by atoms with Gasteiger partial charge in [0.1, 0.15) is 0 Å². The highest BCUT2D eigenvalue weighted by Gasteiger charge is 2.91. The number of alkyl halides is 17. The Morgan fingerprint density at radius 3 is 1.04 bits per heavy atom. The van der Waals surface area contributed by atoms with Gasteiger partial charge in [-0.2, -0.15) is 70.2 Å². The summed E-state index contributed by atoms with van der Waals surface area (Å²) in [5, 5.41) is 0. The lowest BCUT2D eigenvalue weighted by Crippen LogP contribution is -2.70. The molecule has 18 heteroatoms. The summed E-state index contributed by atoms with van der Waals surface area (Å²) in [5.74, 6) is -32.9. The van der Waals surface area contributed by atoms with E-state index in [4.69, 9.17) is 0 Å². The topological polar surface area (TPSA) is 9.23 Å². The first-order valence-corrected chi connectivity index (χ1v) is 5.22. The molecular weight excluding hydrogens is 435 g/mol. The van der Waals surface area contributed by atoms with Crippen molar-refractivity contribution in [3.8, 4) is 0 Å². The van der Waals surface area contributed by atoms with Crippen molar-refractivity contribution in [2.45, 2.75) is 48.5 Å². The second kappa shape index (κ2) is 6.15. The summed E-state index contributed by atoms with van der Waals surface area (Å²) < 4.78 is 210. The maximum Gasteiger partial charge on any atom is 0.460 e. The Balaban J connectivity index is 6.17. The van der Waals surface area contributed by atoms with E-state index in [9.17, 15) is 74.6 Å². The highest BCUT2D eigenvalue weighted by Crippen LogP contribution is 2.60. The third kappa shape index (κ3) is 3.60. The normalized spacial score (nSPS) is 17.4. The van der Waals surface area contributed by atoms with E-state index in [0.29, 0.717) is 0 Å². The van der Waals surface area contributed by atoms with Gasteiger partial charge in [-0.05, 0) is 0 Å². The molecule has 0 aromatic carbocycles. The van der Waals surface area contributed by atoms with Crippen molar-refractivity contribution in [2.24, 2.45) is 0 Å². The molecule has 0 aliphatic carbocycles. The Bertz CT molecular complexity index is 498. The van der Waals surface area contributed by atoms with Crippen molar-refractivity contribution in [3.05, 3.63) is 0 Å². The third-order valence-corrected chi connectivity index (χ3v) is 2.41. The summed E-state index contributed by atoms with van der Waals surface area (Å²) in [6.07, 6.45) is -27.4. The van der Waals surface area contributed by atoms with E-state index in [-0.39, 0.29) is 0 Å². The zero-order valence-electron chi connectivity index (χ0n) is 10.9. The van der Waals surface area contributed by atoms with Gasteiger partial charge in [-0.3, -0.25) is 4.74 Å². The van der Waals surface area contributed by atoms with Gasteiger partial charge in [-0.25, -0.2) is 4.39 Å². The summed E-state index contributed by atoms with van der Waals surface area (Å²) in [6, 6.07) is 0. The first kappa shape index (κ1) is 24.8. The largest absolute Gasteiger partial charge is 0.460 e. The van der Waals surface area contributed by atoms with Crippen LogP contribution in [0.1, 0.15) is 0 Å². The lowest BCUT2D eigenvalue weighted by atomic mass is 9.97. The van der Waals surface area contributed by atoms with E-state index in [2.05, 4.69) is 0 Å². The lowest BCUT2D eigenvalue weighted by Gasteiger charge is -2.39. The molecule has 0 rings (SSSR count). The molecule has 1 unspecified atom stereocenters. The number of halogens is 17. The maximum atomic E-state index is 12.8. The molecular formula is C8HF17O. The van der Waals surface area contributed by atoms with Gasteiger partial charge >= 0.3 is 42.2 Å². The van der Waals surface area contributed by atoms with Gasteiger partial charge in [0.15, 0.2) is 0 Å². The molecule has 0 aromatic rings. The molecule has 0 bridgehead atoms. The van der Waals surface area contributed by atoms with Crippen molar-refractivity contribution >= 4 is 0 Å². The van der Waals surface area contributed by atoms with Crippen LogP contribution in [0.5, 0.6) is 0 Å². The minimum atomic E-state index is -8.37. The fraction of sp³-hybridized carbons (Fsp3) is 1.00. The minimum absolute atomic E-state index is 1.53. The molecule has 0 amide bonds. The Hall–Kier alpha value is -1.23. The molecule has 0 aromatic heterocycles. The van der Waals surface area contributed by atoms with E-state index in [0.717, 1.165) is 0 Å². The maximum absolute atomic E-state index is 12.8. The predicted molar refractivity (Wildman–Crippen MR) is 42.8 cm³/mol. The molecule has 0 N–H and O–H groups in total. The van der Waals surface area contributed by atoms with Crippen molar-refractivity contribution in [3.63, 3.8) is 0 Å². The average Bonchev–Trinajstić information content (AvgIpc) is 2.34. The van der Waals surface area contributed by atoms with Gasteiger partial charge in [-0.1, -0.05) is 0 Å². The highest BCUT2D eigenvalue weighted by atomic mass is 19.4. The van der Waals surface area contributed by atoms with E-state index >= 15 is 0 Å². The van der Waals surface area contributed by atoms with Crippen LogP contribution in [-0.4, -0.2) is 48.5 Å². The summed E-state index contributed by atoms with van der Waals surface area (Å²) in [7, 11) is 0. The Labute approximate surface area is 129 Å². The summed E-state index contributed by atoms with van der Waals surface area (Å²) in [5.41, 5.74) is 0. The molecule has 0 fully saturated rings. The Morgan fingerprint density at radius 2 is 0.769 bits per heavy atom. The van der Waals surface area contributed by atoms with Crippen LogP contribution in [-0.2, 0) is 4.74 Å². The number of rotatable bonds is 6. The van der Waals surface area contributed by atoms with Gasteiger partial charge in [-0.15, -0.1) is 0 Å². The monoisotopic (exact) mass is 436 g/mol. The summed E-state index contributed by atoms with van der Waals surface area (Å²) >= 11 is 0. The van der Waals surface area contributed by atoms with Crippen LogP contribution in [0, 0.1) is 0 Å². The van der Waals surface area contributed by atoms with Gasteiger partial charge in [0.2, 0.25) is 0 Å². The van der Waals surface area contributed by atoms with Crippen LogP contribution in [0.25, 0.3) is 0 Å². The first-order valence-electron chi connectivity index (χ1n) is 5.22. The lowest BCUT2D eigenvalue weighted by molar-refractivity contribution is -0.482. The van der Waals surface area contributed by atoms with Gasteiger partial charge in [0.05, 0.1) is 0 Å². The molecule has 1 atom stereocenters. The standard InChI is InChI=1S/C8HF17O/c9-1(2(10,11)12)26-8(24,25)6(19,20)4(15,16)3(13,14)5(17,18)7(21,22)23/h1H. The number of hydrogen-bond donors (Lipinski definition) is 0.